The number of carbonyl (C=O) groups excluding carboxylic acids is 2. The monoisotopic (exact) mass is 404 g/mol. The van der Waals surface area contributed by atoms with Gasteiger partial charge in [0.05, 0.1) is 6.21 Å². The van der Waals surface area contributed by atoms with Crippen LogP contribution < -0.4 is 16.1 Å². The molecule has 0 saturated heterocycles. The molecular weight excluding hydrogens is 387 g/mol. The molecule has 0 atom stereocenters. The van der Waals surface area contributed by atoms with Gasteiger partial charge in [0, 0.05) is 33.5 Å². The molecule has 0 bridgehead atoms. The van der Waals surface area contributed by atoms with Crippen molar-refractivity contribution in [3.63, 3.8) is 0 Å². The van der Waals surface area contributed by atoms with E-state index in [0.717, 1.165) is 11.3 Å². The van der Waals surface area contributed by atoms with E-state index in [1.165, 1.54) is 12.3 Å². The standard InChI is InChI=1S/C19H18Cl2N4O2/c1-3-8-22-18(26)19(27)25-23-11-13-9-14(20)5-7-17(13)24-15-6-4-12(2)16(21)10-15/h3-7,9-11,24H,1,8H2,2H3,(H,22,26)(H,25,27)/b23-11-. The van der Waals surface area contributed by atoms with Crippen LogP contribution in [0.3, 0.4) is 0 Å². The number of aryl methyl sites for hydroxylation is 1. The Balaban J connectivity index is 2.13. The van der Waals surface area contributed by atoms with Crippen LogP contribution in [0, 0.1) is 6.92 Å². The Labute approximate surface area is 167 Å². The van der Waals surface area contributed by atoms with E-state index >= 15 is 0 Å². The lowest BCUT2D eigenvalue weighted by Gasteiger charge is -2.11. The van der Waals surface area contributed by atoms with E-state index in [9.17, 15) is 9.59 Å². The number of benzene rings is 2. The molecule has 0 aromatic heterocycles. The summed E-state index contributed by atoms with van der Waals surface area (Å²) in [4.78, 5) is 23.1. The Morgan fingerprint density at radius 2 is 1.93 bits per heavy atom. The Kier molecular flexibility index (Phi) is 7.40. The van der Waals surface area contributed by atoms with Gasteiger partial charge >= 0.3 is 11.8 Å². The lowest BCUT2D eigenvalue weighted by molar-refractivity contribution is -0.139. The SMILES string of the molecule is C=CCNC(=O)C(=O)N/N=C\c1cc(Cl)ccc1Nc1ccc(C)c(Cl)c1. The molecule has 2 aromatic carbocycles. The second-order valence-electron chi connectivity index (χ2n) is 5.52. The van der Waals surface area contributed by atoms with Gasteiger partial charge in [-0.3, -0.25) is 9.59 Å². The van der Waals surface area contributed by atoms with Gasteiger partial charge in [0.2, 0.25) is 0 Å². The Bertz CT molecular complexity index is 897. The average molecular weight is 405 g/mol. The van der Waals surface area contributed by atoms with E-state index < -0.39 is 11.8 Å². The molecule has 0 fully saturated rings. The number of carbonyl (C=O) groups is 2. The summed E-state index contributed by atoms with van der Waals surface area (Å²) in [5.74, 6) is -1.68. The maximum Gasteiger partial charge on any atom is 0.329 e. The number of hydrogen-bond acceptors (Lipinski definition) is 4. The van der Waals surface area contributed by atoms with E-state index in [0.29, 0.717) is 21.3 Å². The molecule has 2 aromatic rings. The van der Waals surface area contributed by atoms with Gasteiger partial charge in [0.15, 0.2) is 0 Å². The van der Waals surface area contributed by atoms with Crippen molar-refractivity contribution in [2.45, 2.75) is 6.92 Å². The zero-order chi connectivity index (χ0) is 19.8. The molecule has 3 N–H and O–H groups in total. The van der Waals surface area contributed by atoms with E-state index in [4.69, 9.17) is 23.2 Å². The predicted octanol–water partition coefficient (Wildman–Crippen LogP) is 3.80. The second-order valence-corrected chi connectivity index (χ2v) is 6.36. The van der Waals surface area contributed by atoms with Crippen LogP contribution in [0.2, 0.25) is 10.0 Å². The maximum atomic E-state index is 11.6. The summed E-state index contributed by atoms with van der Waals surface area (Å²) in [6, 6.07) is 10.8. The van der Waals surface area contributed by atoms with Crippen molar-refractivity contribution < 1.29 is 9.59 Å². The quantitative estimate of drug-likeness (QED) is 0.296. The van der Waals surface area contributed by atoms with Crippen molar-refractivity contribution in [2.75, 3.05) is 11.9 Å². The third-order valence-electron chi connectivity index (χ3n) is 3.45. The minimum absolute atomic E-state index is 0.192. The van der Waals surface area contributed by atoms with Crippen molar-refractivity contribution >= 4 is 52.6 Å². The molecule has 8 heteroatoms. The number of hydrogen-bond donors (Lipinski definition) is 3. The van der Waals surface area contributed by atoms with Crippen molar-refractivity contribution in [3.05, 3.63) is 70.2 Å². The highest BCUT2D eigenvalue weighted by Gasteiger charge is 2.11. The van der Waals surface area contributed by atoms with Gasteiger partial charge in [-0.1, -0.05) is 35.3 Å². The number of hydrazone groups is 1. The van der Waals surface area contributed by atoms with Crippen LogP contribution in [0.25, 0.3) is 0 Å². The average Bonchev–Trinajstić information content (AvgIpc) is 2.64. The van der Waals surface area contributed by atoms with Crippen LogP contribution in [0.1, 0.15) is 11.1 Å². The Morgan fingerprint density at radius 1 is 1.15 bits per heavy atom. The highest BCUT2D eigenvalue weighted by atomic mass is 35.5. The van der Waals surface area contributed by atoms with Crippen LogP contribution >= 0.6 is 23.2 Å². The topological polar surface area (TPSA) is 82.6 Å². The predicted molar refractivity (Wildman–Crippen MR) is 110 cm³/mol. The van der Waals surface area contributed by atoms with Gasteiger partial charge in [-0.15, -0.1) is 6.58 Å². The number of halogens is 2. The molecule has 27 heavy (non-hydrogen) atoms. The van der Waals surface area contributed by atoms with Crippen LogP contribution in [0.15, 0.2) is 54.2 Å². The minimum Gasteiger partial charge on any atom is -0.355 e. The van der Waals surface area contributed by atoms with Crippen LogP contribution in [0.4, 0.5) is 11.4 Å². The van der Waals surface area contributed by atoms with Crippen molar-refractivity contribution in [3.8, 4) is 0 Å². The van der Waals surface area contributed by atoms with Crippen LogP contribution in [-0.2, 0) is 9.59 Å². The number of amides is 2. The van der Waals surface area contributed by atoms with Gasteiger partial charge in [-0.05, 0) is 42.8 Å². The van der Waals surface area contributed by atoms with E-state index in [2.05, 4.69) is 27.7 Å². The summed E-state index contributed by atoms with van der Waals surface area (Å²) >= 11 is 12.2. The molecule has 6 nitrogen and oxygen atoms in total. The van der Waals surface area contributed by atoms with E-state index in [-0.39, 0.29) is 6.54 Å². The fourth-order valence-electron chi connectivity index (χ4n) is 2.04. The second kappa shape index (κ2) is 9.75. The van der Waals surface area contributed by atoms with E-state index in [1.807, 2.05) is 19.1 Å². The number of rotatable bonds is 6. The minimum atomic E-state index is -0.880. The molecule has 0 unspecified atom stereocenters. The zero-order valence-electron chi connectivity index (χ0n) is 14.6. The fourth-order valence-corrected chi connectivity index (χ4v) is 2.40. The normalized spacial score (nSPS) is 10.5. The smallest absolute Gasteiger partial charge is 0.329 e. The van der Waals surface area contributed by atoms with Gasteiger partial charge < -0.3 is 10.6 Å². The third-order valence-corrected chi connectivity index (χ3v) is 4.09. The molecule has 0 heterocycles. The maximum absolute atomic E-state index is 11.6. The first-order valence-corrected chi connectivity index (χ1v) is 8.71. The summed E-state index contributed by atoms with van der Waals surface area (Å²) in [5, 5.41) is 10.5. The zero-order valence-corrected chi connectivity index (χ0v) is 16.1. The van der Waals surface area contributed by atoms with Crippen LogP contribution in [-0.4, -0.2) is 24.6 Å². The van der Waals surface area contributed by atoms with Crippen molar-refractivity contribution in [2.24, 2.45) is 5.10 Å². The highest BCUT2D eigenvalue weighted by Crippen LogP contribution is 2.26. The summed E-state index contributed by atoms with van der Waals surface area (Å²) < 4.78 is 0. The van der Waals surface area contributed by atoms with Gasteiger partial charge in [0.25, 0.3) is 0 Å². The molecule has 140 valence electrons. The van der Waals surface area contributed by atoms with Crippen molar-refractivity contribution in [1.82, 2.24) is 10.7 Å². The summed E-state index contributed by atoms with van der Waals surface area (Å²) in [6.07, 6.45) is 2.86. The lowest BCUT2D eigenvalue weighted by atomic mass is 10.1. The van der Waals surface area contributed by atoms with E-state index in [1.54, 1.807) is 24.3 Å². The highest BCUT2D eigenvalue weighted by molar-refractivity contribution is 6.35. The molecule has 0 aliphatic carbocycles. The van der Waals surface area contributed by atoms with Gasteiger partial charge in [-0.25, -0.2) is 5.43 Å². The molecule has 0 spiro atoms. The molecular formula is C19H18Cl2N4O2. The first-order chi connectivity index (χ1) is 12.9. The fraction of sp³-hybridized carbons (Fsp3) is 0.105. The molecule has 0 aliphatic heterocycles. The largest absolute Gasteiger partial charge is 0.355 e. The first-order valence-electron chi connectivity index (χ1n) is 7.95. The number of nitrogens with zero attached hydrogens (tertiary/aromatic N) is 1. The molecule has 2 rings (SSSR count). The van der Waals surface area contributed by atoms with Gasteiger partial charge in [0.1, 0.15) is 0 Å². The molecule has 2 amide bonds. The summed E-state index contributed by atoms with van der Waals surface area (Å²) in [5.41, 5.74) is 5.24. The van der Waals surface area contributed by atoms with Crippen molar-refractivity contribution in [1.29, 1.82) is 0 Å². The summed E-state index contributed by atoms with van der Waals surface area (Å²) in [7, 11) is 0. The Hall–Kier alpha value is -2.83. The number of nitrogens with one attached hydrogen (secondary N) is 3. The lowest BCUT2D eigenvalue weighted by Crippen LogP contribution is -2.37. The van der Waals surface area contributed by atoms with Crippen LogP contribution in [0.5, 0.6) is 0 Å². The Morgan fingerprint density at radius 3 is 2.63 bits per heavy atom. The molecule has 0 radical (unpaired) electrons. The number of anilines is 2. The third kappa shape index (κ3) is 6.13. The van der Waals surface area contributed by atoms with Gasteiger partial charge in [-0.2, -0.15) is 5.10 Å². The first kappa shape index (κ1) is 20.5. The molecule has 0 saturated carbocycles. The summed E-state index contributed by atoms with van der Waals surface area (Å²) in [6.45, 7) is 5.56. The molecule has 0 aliphatic rings.